The van der Waals surface area contributed by atoms with E-state index in [0.717, 1.165) is 11.4 Å². The molecule has 2 heterocycles. The largest absolute Gasteiger partial charge is 0.378 e. The Morgan fingerprint density at radius 1 is 1.24 bits per heavy atom. The van der Waals surface area contributed by atoms with Crippen LogP contribution in [-0.4, -0.2) is 79.3 Å². The highest BCUT2D eigenvalue weighted by Gasteiger charge is 2.35. The average molecular weight is 363 g/mol. The monoisotopic (exact) mass is 363 g/mol. The van der Waals surface area contributed by atoms with Crippen molar-refractivity contribution in [1.82, 2.24) is 15.1 Å². The predicted octanol–water partition coefficient (Wildman–Crippen LogP) is 0.746. The van der Waals surface area contributed by atoms with Gasteiger partial charge in [-0.05, 0) is 18.6 Å². The highest BCUT2D eigenvalue weighted by molar-refractivity contribution is 8.00. The maximum absolute atomic E-state index is 12.8. The van der Waals surface area contributed by atoms with Crippen LogP contribution in [0.4, 0.5) is 0 Å². The number of thioether (sulfide) groups is 1. The topological polar surface area (TPSA) is 61.9 Å². The first-order valence-electron chi connectivity index (χ1n) is 8.72. The number of aryl methyl sites for hydroxylation is 1. The van der Waals surface area contributed by atoms with Gasteiger partial charge in [-0.15, -0.1) is 11.8 Å². The second kappa shape index (κ2) is 8.69. The van der Waals surface area contributed by atoms with Gasteiger partial charge in [-0.2, -0.15) is 0 Å². The Hall–Kier alpha value is -1.57. The van der Waals surface area contributed by atoms with Crippen molar-refractivity contribution in [3.63, 3.8) is 0 Å². The van der Waals surface area contributed by atoms with E-state index in [0.29, 0.717) is 45.1 Å². The van der Waals surface area contributed by atoms with Gasteiger partial charge in [0, 0.05) is 37.6 Å². The Kier molecular flexibility index (Phi) is 6.34. The van der Waals surface area contributed by atoms with Crippen molar-refractivity contribution in [3.05, 3.63) is 29.8 Å². The first-order valence-corrected chi connectivity index (χ1v) is 9.70. The summed E-state index contributed by atoms with van der Waals surface area (Å²) in [7, 11) is 0. The Labute approximate surface area is 152 Å². The van der Waals surface area contributed by atoms with Crippen molar-refractivity contribution in [2.45, 2.75) is 17.9 Å². The first-order chi connectivity index (χ1) is 12.2. The van der Waals surface area contributed by atoms with Gasteiger partial charge in [0.25, 0.3) is 0 Å². The molecule has 0 unspecified atom stereocenters. The van der Waals surface area contributed by atoms with E-state index in [1.165, 1.54) is 5.56 Å². The van der Waals surface area contributed by atoms with Crippen LogP contribution in [0.5, 0.6) is 0 Å². The number of carbonyl (C=O) groups is 2. The summed E-state index contributed by atoms with van der Waals surface area (Å²) in [5, 5.41) is 3.24. The highest BCUT2D eigenvalue weighted by Crippen LogP contribution is 2.23. The van der Waals surface area contributed by atoms with E-state index in [-0.39, 0.29) is 11.8 Å². The van der Waals surface area contributed by atoms with Gasteiger partial charge in [0.15, 0.2) is 0 Å². The van der Waals surface area contributed by atoms with Gasteiger partial charge >= 0.3 is 0 Å². The van der Waals surface area contributed by atoms with E-state index in [1.807, 2.05) is 36.1 Å². The first kappa shape index (κ1) is 18.2. The number of morpholine rings is 1. The molecule has 0 saturated carbocycles. The number of piperazine rings is 1. The second-order valence-corrected chi connectivity index (χ2v) is 7.32. The molecule has 1 atom stereocenters. The SMILES string of the molecule is Cc1ccccc1SCC(=O)N1CCNC[C@H]1C(=O)N1CCOCC1. The standard InChI is InChI=1S/C18H25N3O3S/c1-14-4-2-3-5-16(14)25-13-17(22)21-7-6-19-12-15(21)18(23)20-8-10-24-11-9-20/h2-5,15,19H,6-13H2,1H3/t15-/m0/s1. The van der Waals surface area contributed by atoms with Crippen molar-refractivity contribution >= 4 is 23.6 Å². The van der Waals surface area contributed by atoms with Gasteiger partial charge in [-0.3, -0.25) is 9.59 Å². The van der Waals surface area contributed by atoms with Crippen molar-refractivity contribution in [2.75, 3.05) is 51.7 Å². The van der Waals surface area contributed by atoms with Gasteiger partial charge in [-0.25, -0.2) is 0 Å². The summed E-state index contributed by atoms with van der Waals surface area (Å²) in [4.78, 5) is 30.3. The molecule has 2 aliphatic rings. The van der Waals surface area contributed by atoms with Gasteiger partial charge in [-0.1, -0.05) is 18.2 Å². The molecular formula is C18H25N3O3S. The normalized spacial score (nSPS) is 21.2. The van der Waals surface area contributed by atoms with E-state index in [1.54, 1.807) is 16.7 Å². The van der Waals surface area contributed by atoms with Crippen LogP contribution in [0.3, 0.4) is 0 Å². The lowest BCUT2D eigenvalue weighted by atomic mass is 10.1. The number of carbonyl (C=O) groups excluding carboxylic acids is 2. The third kappa shape index (κ3) is 4.54. The van der Waals surface area contributed by atoms with Crippen LogP contribution < -0.4 is 5.32 Å². The molecule has 3 rings (SSSR count). The van der Waals surface area contributed by atoms with Crippen LogP contribution in [-0.2, 0) is 14.3 Å². The van der Waals surface area contributed by atoms with E-state index >= 15 is 0 Å². The molecule has 1 aromatic rings. The molecular weight excluding hydrogens is 338 g/mol. The maximum Gasteiger partial charge on any atom is 0.246 e. The fourth-order valence-electron chi connectivity index (χ4n) is 3.16. The molecule has 25 heavy (non-hydrogen) atoms. The molecule has 7 heteroatoms. The second-order valence-electron chi connectivity index (χ2n) is 6.30. The van der Waals surface area contributed by atoms with E-state index in [4.69, 9.17) is 4.74 Å². The van der Waals surface area contributed by atoms with Crippen LogP contribution in [0.15, 0.2) is 29.2 Å². The molecule has 1 aromatic carbocycles. The van der Waals surface area contributed by atoms with Crippen LogP contribution in [0, 0.1) is 6.92 Å². The third-order valence-electron chi connectivity index (χ3n) is 4.62. The van der Waals surface area contributed by atoms with Crippen molar-refractivity contribution in [2.24, 2.45) is 0 Å². The fraction of sp³-hybridized carbons (Fsp3) is 0.556. The molecule has 1 N–H and O–H groups in total. The van der Waals surface area contributed by atoms with Crippen molar-refractivity contribution in [3.8, 4) is 0 Å². The predicted molar refractivity (Wildman–Crippen MR) is 97.7 cm³/mol. The van der Waals surface area contributed by atoms with Gasteiger partial charge in [0.2, 0.25) is 11.8 Å². The summed E-state index contributed by atoms with van der Waals surface area (Å²) in [5.74, 6) is 0.420. The molecule has 136 valence electrons. The van der Waals surface area contributed by atoms with E-state index < -0.39 is 6.04 Å². The number of hydrogen-bond donors (Lipinski definition) is 1. The molecule has 6 nitrogen and oxygen atoms in total. The Morgan fingerprint density at radius 3 is 2.76 bits per heavy atom. The summed E-state index contributed by atoms with van der Waals surface area (Å²) in [6, 6.07) is 7.64. The quantitative estimate of drug-likeness (QED) is 0.800. The Balaban J connectivity index is 1.62. The number of amides is 2. The van der Waals surface area contributed by atoms with E-state index in [9.17, 15) is 9.59 Å². The third-order valence-corrected chi connectivity index (χ3v) is 5.78. The lowest BCUT2D eigenvalue weighted by Crippen LogP contribution is -2.61. The molecule has 0 aliphatic carbocycles. The number of ether oxygens (including phenoxy) is 1. The zero-order chi connectivity index (χ0) is 17.6. The van der Waals surface area contributed by atoms with Crippen molar-refractivity contribution in [1.29, 1.82) is 0 Å². The lowest BCUT2D eigenvalue weighted by molar-refractivity contribution is -0.148. The van der Waals surface area contributed by atoms with Gasteiger partial charge in [0.05, 0.1) is 19.0 Å². The summed E-state index contributed by atoms with van der Waals surface area (Å²) >= 11 is 1.54. The highest BCUT2D eigenvalue weighted by atomic mass is 32.2. The van der Waals surface area contributed by atoms with Crippen LogP contribution in [0.1, 0.15) is 5.56 Å². The molecule has 0 aromatic heterocycles. The van der Waals surface area contributed by atoms with Crippen LogP contribution >= 0.6 is 11.8 Å². The summed E-state index contributed by atoms with van der Waals surface area (Å²) in [6.45, 7) is 6.23. The zero-order valence-corrected chi connectivity index (χ0v) is 15.4. The van der Waals surface area contributed by atoms with Gasteiger partial charge in [0.1, 0.15) is 6.04 Å². The molecule has 0 spiro atoms. The number of benzene rings is 1. The summed E-state index contributed by atoms with van der Waals surface area (Å²) in [6.07, 6.45) is 0. The maximum atomic E-state index is 12.8. The van der Waals surface area contributed by atoms with Crippen LogP contribution in [0.2, 0.25) is 0 Å². The molecule has 2 saturated heterocycles. The lowest BCUT2D eigenvalue weighted by Gasteiger charge is -2.39. The van der Waals surface area contributed by atoms with Crippen LogP contribution in [0.25, 0.3) is 0 Å². The number of rotatable bonds is 4. The van der Waals surface area contributed by atoms with Crippen molar-refractivity contribution < 1.29 is 14.3 Å². The molecule has 2 fully saturated rings. The molecule has 2 amide bonds. The smallest absolute Gasteiger partial charge is 0.246 e. The number of nitrogens with zero attached hydrogens (tertiary/aromatic N) is 2. The number of hydrogen-bond acceptors (Lipinski definition) is 5. The minimum absolute atomic E-state index is 0.0290. The van der Waals surface area contributed by atoms with E-state index in [2.05, 4.69) is 5.32 Å². The fourth-order valence-corrected chi connectivity index (χ4v) is 4.07. The minimum Gasteiger partial charge on any atom is -0.378 e. The average Bonchev–Trinajstić information content (AvgIpc) is 2.67. The summed E-state index contributed by atoms with van der Waals surface area (Å²) in [5.41, 5.74) is 1.17. The van der Waals surface area contributed by atoms with Gasteiger partial charge < -0.3 is 19.9 Å². The summed E-state index contributed by atoms with van der Waals surface area (Å²) < 4.78 is 5.32. The Bertz CT molecular complexity index is 619. The zero-order valence-electron chi connectivity index (χ0n) is 14.6. The molecule has 0 bridgehead atoms. The Morgan fingerprint density at radius 2 is 2.00 bits per heavy atom. The molecule has 0 radical (unpaired) electrons. The number of nitrogens with one attached hydrogen (secondary N) is 1. The molecule has 2 aliphatic heterocycles. The minimum atomic E-state index is -0.406.